The lowest BCUT2D eigenvalue weighted by atomic mass is 10.0. The molecule has 0 saturated heterocycles. The lowest BCUT2D eigenvalue weighted by Gasteiger charge is -2.05. The zero-order valence-corrected chi connectivity index (χ0v) is 8.27. The molecule has 0 N–H and O–H groups in total. The number of nitrogens with zero attached hydrogens (tertiary/aromatic N) is 1. The van der Waals surface area contributed by atoms with Gasteiger partial charge in [0.15, 0.2) is 0 Å². The molecule has 1 heterocycles. The van der Waals surface area contributed by atoms with Crippen molar-refractivity contribution in [2.24, 2.45) is 0 Å². The Kier molecular flexibility index (Phi) is 3.35. The van der Waals surface area contributed by atoms with Crippen LogP contribution in [0.3, 0.4) is 0 Å². The molecule has 12 heavy (non-hydrogen) atoms. The van der Waals surface area contributed by atoms with Crippen molar-refractivity contribution in [3.63, 3.8) is 0 Å². The first-order valence-electron chi connectivity index (χ1n) is 3.90. The largest absolute Gasteiger partial charge is 0.250 e. The van der Waals surface area contributed by atoms with Gasteiger partial charge in [0.1, 0.15) is 0 Å². The van der Waals surface area contributed by atoms with Crippen LogP contribution in [-0.2, 0) is 0 Å². The van der Waals surface area contributed by atoms with Gasteiger partial charge in [-0.05, 0) is 17.9 Å². The molecular weight excluding hydrogens is 166 g/mol. The Labute approximate surface area is 77.9 Å². The molecule has 0 aliphatic heterocycles. The van der Waals surface area contributed by atoms with Crippen LogP contribution >= 0.6 is 11.8 Å². The topological polar surface area (TPSA) is 12.9 Å². The number of pyridine rings is 1. The van der Waals surface area contributed by atoms with Crippen LogP contribution in [0, 0.1) is 0 Å². The second kappa shape index (κ2) is 4.31. The molecule has 0 radical (unpaired) electrons. The Bertz CT molecular complexity index is 253. The van der Waals surface area contributed by atoms with Crippen LogP contribution < -0.4 is 0 Å². The van der Waals surface area contributed by atoms with E-state index in [4.69, 9.17) is 0 Å². The second-order valence-electron chi connectivity index (χ2n) is 2.66. The van der Waals surface area contributed by atoms with Gasteiger partial charge in [-0.15, -0.1) is 18.3 Å². The zero-order chi connectivity index (χ0) is 8.97. The quantitative estimate of drug-likeness (QED) is 0.522. The molecule has 1 atom stereocenters. The van der Waals surface area contributed by atoms with Gasteiger partial charge < -0.3 is 0 Å². The fraction of sp³-hybridized carbons (Fsp3) is 0.300. The maximum absolute atomic E-state index is 4.28. The predicted octanol–water partition coefficient (Wildman–Crippen LogP) is 3.09. The Morgan fingerprint density at radius 1 is 1.58 bits per heavy atom. The number of hydrogen-bond donors (Lipinski definition) is 0. The minimum atomic E-state index is 0.397. The Hall–Kier alpha value is -0.760. The molecule has 1 aromatic rings. The van der Waals surface area contributed by atoms with E-state index in [0.717, 1.165) is 5.03 Å². The third kappa shape index (κ3) is 2.11. The molecule has 0 aliphatic carbocycles. The second-order valence-corrected chi connectivity index (χ2v) is 3.48. The number of hydrogen-bond acceptors (Lipinski definition) is 2. The third-order valence-electron chi connectivity index (χ3n) is 1.85. The molecule has 2 heteroatoms. The summed E-state index contributed by atoms with van der Waals surface area (Å²) < 4.78 is 0. The summed E-state index contributed by atoms with van der Waals surface area (Å²) >= 11 is 1.66. The van der Waals surface area contributed by atoms with Gasteiger partial charge in [0.25, 0.3) is 0 Å². The van der Waals surface area contributed by atoms with Crippen molar-refractivity contribution >= 4 is 11.8 Å². The van der Waals surface area contributed by atoms with E-state index < -0.39 is 0 Å². The maximum atomic E-state index is 4.28. The highest BCUT2D eigenvalue weighted by atomic mass is 32.2. The molecule has 0 bridgehead atoms. The Morgan fingerprint density at radius 2 is 2.33 bits per heavy atom. The van der Waals surface area contributed by atoms with Crippen molar-refractivity contribution in [1.29, 1.82) is 0 Å². The summed E-state index contributed by atoms with van der Waals surface area (Å²) in [5, 5.41) is 1.06. The summed E-state index contributed by atoms with van der Waals surface area (Å²) in [6, 6.07) is 4.14. The van der Waals surface area contributed by atoms with Gasteiger partial charge in [0.05, 0.1) is 5.03 Å². The molecule has 1 aromatic heterocycles. The van der Waals surface area contributed by atoms with Crippen molar-refractivity contribution < 1.29 is 0 Å². The Balaban J connectivity index is 2.84. The first kappa shape index (κ1) is 9.33. The lowest BCUT2D eigenvalue weighted by molar-refractivity contribution is 0.940. The molecule has 1 nitrogen and oxygen atoms in total. The van der Waals surface area contributed by atoms with E-state index in [1.54, 1.807) is 11.8 Å². The van der Waals surface area contributed by atoms with Crippen LogP contribution in [0.2, 0.25) is 0 Å². The monoisotopic (exact) mass is 179 g/mol. The highest BCUT2D eigenvalue weighted by molar-refractivity contribution is 7.98. The van der Waals surface area contributed by atoms with E-state index >= 15 is 0 Å². The Morgan fingerprint density at radius 3 is 2.75 bits per heavy atom. The molecule has 0 amide bonds. The van der Waals surface area contributed by atoms with Gasteiger partial charge in [0.2, 0.25) is 0 Å². The molecular formula is C10H13NS. The fourth-order valence-electron chi connectivity index (χ4n) is 0.918. The first-order chi connectivity index (χ1) is 5.77. The van der Waals surface area contributed by atoms with E-state index in [2.05, 4.69) is 24.6 Å². The SMILES string of the molecule is C=CC(C)c1ccc(SC)nc1. The summed E-state index contributed by atoms with van der Waals surface area (Å²) in [7, 11) is 0. The molecule has 64 valence electrons. The number of allylic oxidation sites excluding steroid dienone is 1. The van der Waals surface area contributed by atoms with Gasteiger partial charge in [-0.3, -0.25) is 0 Å². The smallest absolute Gasteiger partial charge is 0.0957 e. The van der Waals surface area contributed by atoms with Crippen LogP contribution in [0.4, 0.5) is 0 Å². The summed E-state index contributed by atoms with van der Waals surface area (Å²) in [5.74, 6) is 0.397. The molecule has 1 rings (SSSR count). The minimum absolute atomic E-state index is 0.397. The average molecular weight is 179 g/mol. The summed E-state index contributed by atoms with van der Waals surface area (Å²) in [6.45, 7) is 5.86. The van der Waals surface area contributed by atoms with Gasteiger partial charge in [0, 0.05) is 12.1 Å². The summed E-state index contributed by atoms with van der Waals surface area (Å²) in [6.07, 6.45) is 5.87. The molecule has 0 fully saturated rings. The van der Waals surface area contributed by atoms with E-state index in [9.17, 15) is 0 Å². The van der Waals surface area contributed by atoms with Gasteiger partial charge in [-0.1, -0.05) is 19.1 Å². The summed E-state index contributed by atoms with van der Waals surface area (Å²) in [5.41, 5.74) is 1.22. The van der Waals surface area contributed by atoms with E-state index in [1.807, 2.05) is 24.6 Å². The molecule has 0 saturated carbocycles. The van der Waals surface area contributed by atoms with Gasteiger partial charge in [-0.2, -0.15) is 0 Å². The van der Waals surface area contributed by atoms with Gasteiger partial charge >= 0.3 is 0 Å². The van der Waals surface area contributed by atoms with Crippen molar-refractivity contribution in [2.45, 2.75) is 17.9 Å². The lowest BCUT2D eigenvalue weighted by Crippen LogP contribution is -1.89. The highest BCUT2D eigenvalue weighted by Crippen LogP contribution is 2.17. The van der Waals surface area contributed by atoms with Crippen LogP contribution in [0.25, 0.3) is 0 Å². The van der Waals surface area contributed by atoms with Crippen LogP contribution in [-0.4, -0.2) is 11.2 Å². The molecule has 0 aromatic carbocycles. The van der Waals surface area contributed by atoms with Gasteiger partial charge in [-0.25, -0.2) is 4.98 Å². The van der Waals surface area contributed by atoms with Crippen LogP contribution in [0.5, 0.6) is 0 Å². The first-order valence-corrected chi connectivity index (χ1v) is 5.13. The average Bonchev–Trinajstić information content (AvgIpc) is 2.17. The summed E-state index contributed by atoms with van der Waals surface area (Å²) in [4.78, 5) is 4.28. The van der Waals surface area contributed by atoms with Crippen molar-refractivity contribution in [3.8, 4) is 0 Å². The van der Waals surface area contributed by atoms with E-state index in [1.165, 1.54) is 5.56 Å². The number of aromatic nitrogens is 1. The predicted molar refractivity (Wildman–Crippen MR) is 54.6 cm³/mol. The fourth-order valence-corrected chi connectivity index (χ4v) is 1.28. The number of thioether (sulfide) groups is 1. The van der Waals surface area contributed by atoms with E-state index in [0.29, 0.717) is 5.92 Å². The maximum Gasteiger partial charge on any atom is 0.0957 e. The normalized spacial score (nSPS) is 12.5. The van der Waals surface area contributed by atoms with Crippen molar-refractivity contribution in [1.82, 2.24) is 4.98 Å². The van der Waals surface area contributed by atoms with Crippen molar-refractivity contribution in [2.75, 3.05) is 6.26 Å². The zero-order valence-electron chi connectivity index (χ0n) is 7.45. The number of rotatable bonds is 3. The molecule has 0 spiro atoms. The molecule has 1 unspecified atom stereocenters. The van der Waals surface area contributed by atoms with E-state index in [-0.39, 0.29) is 0 Å². The van der Waals surface area contributed by atoms with Crippen molar-refractivity contribution in [3.05, 3.63) is 36.5 Å². The minimum Gasteiger partial charge on any atom is -0.250 e. The highest BCUT2D eigenvalue weighted by Gasteiger charge is 2.00. The third-order valence-corrected chi connectivity index (χ3v) is 2.51. The van der Waals surface area contributed by atoms with Crippen LogP contribution in [0.15, 0.2) is 36.0 Å². The molecule has 0 aliphatic rings. The standard InChI is InChI=1S/C10H13NS/c1-4-8(2)9-5-6-10(12-3)11-7-9/h4-8H,1H2,2-3H3. The van der Waals surface area contributed by atoms with Crippen LogP contribution in [0.1, 0.15) is 18.4 Å².